The van der Waals surface area contributed by atoms with Gasteiger partial charge in [0.25, 0.3) is 0 Å². The molecule has 0 amide bonds. The van der Waals surface area contributed by atoms with Gasteiger partial charge in [-0.25, -0.2) is 0 Å². The number of nitrogens with zero attached hydrogens (tertiary/aromatic N) is 1. The van der Waals surface area contributed by atoms with Gasteiger partial charge in [-0.05, 0) is 29.3 Å². The molecule has 0 aliphatic rings. The number of hydrogen-bond acceptors (Lipinski definition) is 1. The number of benzene rings is 2. The summed E-state index contributed by atoms with van der Waals surface area (Å²) in [4.78, 5) is 2.10. The number of halogens is 1. The molecule has 2 aromatic rings. The van der Waals surface area contributed by atoms with Crippen LogP contribution in [-0.4, -0.2) is 14.1 Å². The van der Waals surface area contributed by atoms with E-state index in [0.29, 0.717) is 0 Å². The normalized spacial score (nSPS) is 10.2. The Hall–Kier alpha value is -1.28. The second-order valence-corrected chi connectivity index (χ2v) is 4.78. The van der Waals surface area contributed by atoms with Crippen molar-refractivity contribution in [3.8, 4) is 11.1 Å². The van der Waals surface area contributed by atoms with E-state index in [9.17, 15) is 0 Å². The Morgan fingerprint density at radius 2 is 1.50 bits per heavy atom. The monoisotopic (exact) mass is 275 g/mol. The van der Waals surface area contributed by atoms with Crippen LogP contribution in [0.25, 0.3) is 11.1 Å². The molecule has 1 nitrogen and oxygen atoms in total. The number of anilines is 1. The summed E-state index contributed by atoms with van der Waals surface area (Å²) in [6.07, 6.45) is 0. The van der Waals surface area contributed by atoms with Crippen LogP contribution in [0.2, 0.25) is 0 Å². The van der Waals surface area contributed by atoms with E-state index in [4.69, 9.17) is 0 Å². The lowest BCUT2D eigenvalue weighted by atomic mass is 10.1. The molecule has 0 unspecified atom stereocenters. The summed E-state index contributed by atoms with van der Waals surface area (Å²) in [7, 11) is 4.10. The summed E-state index contributed by atoms with van der Waals surface area (Å²) in [5.74, 6) is 0. The second kappa shape index (κ2) is 4.71. The Bertz CT molecular complexity index is 474. The largest absolute Gasteiger partial charge is 0.378 e. The molecule has 2 aromatic carbocycles. The molecule has 82 valence electrons. The van der Waals surface area contributed by atoms with E-state index in [1.165, 1.54) is 16.8 Å². The van der Waals surface area contributed by atoms with Crippen LogP contribution in [0.3, 0.4) is 0 Å². The van der Waals surface area contributed by atoms with Crippen LogP contribution < -0.4 is 4.90 Å². The standard InChI is InChI=1S/C14H14BrN/c1-16(2)12-9-7-11(8-10-12)13-5-3-4-6-14(13)15/h3-10H,1-2H3. The first-order chi connectivity index (χ1) is 7.68. The second-order valence-electron chi connectivity index (χ2n) is 3.92. The van der Waals surface area contributed by atoms with Crippen molar-refractivity contribution in [1.82, 2.24) is 0 Å². The molecular formula is C14H14BrN. The van der Waals surface area contributed by atoms with Crippen LogP contribution >= 0.6 is 15.9 Å². The molecule has 0 spiro atoms. The van der Waals surface area contributed by atoms with Gasteiger partial charge >= 0.3 is 0 Å². The quantitative estimate of drug-likeness (QED) is 0.795. The highest BCUT2D eigenvalue weighted by molar-refractivity contribution is 9.10. The lowest BCUT2D eigenvalue weighted by Gasteiger charge is -2.13. The van der Waals surface area contributed by atoms with Crippen molar-refractivity contribution < 1.29 is 0 Å². The molecular weight excluding hydrogens is 262 g/mol. The van der Waals surface area contributed by atoms with E-state index in [-0.39, 0.29) is 0 Å². The third-order valence-electron chi connectivity index (χ3n) is 2.57. The molecule has 0 saturated heterocycles. The van der Waals surface area contributed by atoms with E-state index in [2.05, 4.69) is 63.3 Å². The van der Waals surface area contributed by atoms with Crippen molar-refractivity contribution in [2.75, 3.05) is 19.0 Å². The summed E-state index contributed by atoms with van der Waals surface area (Å²) in [5.41, 5.74) is 3.68. The van der Waals surface area contributed by atoms with Gasteiger partial charge in [0.05, 0.1) is 0 Å². The Balaban J connectivity index is 2.39. The molecule has 0 N–H and O–H groups in total. The summed E-state index contributed by atoms with van der Waals surface area (Å²) in [5, 5.41) is 0. The van der Waals surface area contributed by atoms with E-state index in [1.807, 2.05) is 20.2 Å². The Kier molecular flexibility index (Phi) is 3.30. The molecule has 0 aliphatic carbocycles. The Morgan fingerprint density at radius 3 is 2.06 bits per heavy atom. The first-order valence-corrected chi connectivity index (χ1v) is 6.00. The molecule has 0 bridgehead atoms. The fourth-order valence-corrected chi connectivity index (χ4v) is 2.15. The predicted octanol–water partition coefficient (Wildman–Crippen LogP) is 4.18. The molecule has 2 heteroatoms. The maximum Gasteiger partial charge on any atom is 0.0361 e. The van der Waals surface area contributed by atoms with Gasteiger partial charge in [-0.15, -0.1) is 0 Å². The van der Waals surface area contributed by atoms with Crippen LogP contribution in [0.4, 0.5) is 5.69 Å². The first-order valence-electron chi connectivity index (χ1n) is 5.21. The highest BCUT2D eigenvalue weighted by Gasteiger charge is 2.02. The Labute approximate surface area is 105 Å². The molecule has 2 rings (SSSR count). The lowest BCUT2D eigenvalue weighted by molar-refractivity contribution is 1.13. The molecule has 0 aromatic heterocycles. The van der Waals surface area contributed by atoms with Crippen molar-refractivity contribution in [2.24, 2.45) is 0 Å². The van der Waals surface area contributed by atoms with Crippen molar-refractivity contribution in [3.63, 3.8) is 0 Å². The number of rotatable bonds is 2. The average molecular weight is 276 g/mol. The maximum absolute atomic E-state index is 3.57. The third kappa shape index (κ3) is 2.27. The molecule has 0 radical (unpaired) electrons. The van der Waals surface area contributed by atoms with Gasteiger partial charge in [-0.3, -0.25) is 0 Å². The minimum atomic E-state index is 1.13. The average Bonchev–Trinajstić information content (AvgIpc) is 2.30. The van der Waals surface area contributed by atoms with Gasteiger partial charge in [0.1, 0.15) is 0 Å². The topological polar surface area (TPSA) is 3.24 Å². The molecule has 0 fully saturated rings. The van der Waals surface area contributed by atoms with E-state index >= 15 is 0 Å². The highest BCUT2D eigenvalue weighted by Crippen LogP contribution is 2.28. The van der Waals surface area contributed by atoms with Crippen LogP contribution in [0.1, 0.15) is 0 Å². The lowest BCUT2D eigenvalue weighted by Crippen LogP contribution is -2.07. The van der Waals surface area contributed by atoms with Crippen LogP contribution in [0, 0.1) is 0 Å². The zero-order valence-corrected chi connectivity index (χ0v) is 11.0. The summed E-state index contributed by atoms with van der Waals surface area (Å²) in [6, 6.07) is 16.8. The van der Waals surface area contributed by atoms with Crippen LogP contribution in [0.15, 0.2) is 53.0 Å². The van der Waals surface area contributed by atoms with Crippen LogP contribution in [0.5, 0.6) is 0 Å². The Morgan fingerprint density at radius 1 is 0.875 bits per heavy atom. The SMILES string of the molecule is CN(C)c1ccc(-c2ccccc2Br)cc1. The fourth-order valence-electron chi connectivity index (χ4n) is 1.63. The molecule has 0 aliphatic heterocycles. The fraction of sp³-hybridized carbons (Fsp3) is 0.143. The molecule has 16 heavy (non-hydrogen) atoms. The van der Waals surface area contributed by atoms with Crippen LogP contribution in [-0.2, 0) is 0 Å². The van der Waals surface area contributed by atoms with Gasteiger partial charge < -0.3 is 4.90 Å². The van der Waals surface area contributed by atoms with Crippen molar-refractivity contribution in [1.29, 1.82) is 0 Å². The number of hydrogen-bond donors (Lipinski definition) is 0. The third-order valence-corrected chi connectivity index (χ3v) is 3.26. The van der Waals surface area contributed by atoms with Gasteiger partial charge in [0.2, 0.25) is 0 Å². The molecule has 0 atom stereocenters. The van der Waals surface area contributed by atoms with E-state index in [1.54, 1.807) is 0 Å². The first kappa shape index (κ1) is 11.2. The van der Waals surface area contributed by atoms with Gasteiger partial charge in [0, 0.05) is 24.3 Å². The van der Waals surface area contributed by atoms with Crippen molar-refractivity contribution in [2.45, 2.75) is 0 Å². The minimum absolute atomic E-state index is 1.13. The summed E-state index contributed by atoms with van der Waals surface area (Å²) in [6.45, 7) is 0. The van der Waals surface area contributed by atoms with Crippen molar-refractivity contribution >= 4 is 21.6 Å². The summed E-state index contributed by atoms with van der Waals surface area (Å²) < 4.78 is 1.13. The highest BCUT2D eigenvalue weighted by atomic mass is 79.9. The zero-order chi connectivity index (χ0) is 11.5. The van der Waals surface area contributed by atoms with Gasteiger partial charge in [-0.1, -0.05) is 46.3 Å². The molecule has 0 heterocycles. The van der Waals surface area contributed by atoms with Crippen molar-refractivity contribution in [3.05, 3.63) is 53.0 Å². The summed E-state index contributed by atoms with van der Waals surface area (Å²) >= 11 is 3.57. The minimum Gasteiger partial charge on any atom is -0.378 e. The molecule has 0 saturated carbocycles. The van der Waals surface area contributed by atoms with Gasteiger partial charge in [0.15, 0.2) is 0 Å². The zero-order valence-electron chi connectivity index (χ0n) is 9.44. The maximum atomic E-state index is 3.57. The van der Waals surface area contributed by atoms with E-state index < -0.39 is 0 Å². The predicted molar refractivity (Wildman–Crippen MR) is 73.9 cm³/mol. The smallest absolute Gasteiger partial charge is 0.0361 e. The van der Waals surface area contributed by atoms with Gasteiger partial charge in [-0.2, -0.15) is 0 Å². The van der Waals surface area contributed by atoms with E-state index in [0.717, 1.165) is 4.47 Å².